The molecule has 6 nitrogen and oxygen atoms in total. The molecular formula is C16H23ClN2O4. The van der Waals surface area contributed by atoms with Crippen LogP contribution in [0.5, 0.6) is 0 Å². The van der Waals surface area contributed by atoms with Crippen LogP contribution in [0.4, 0.5) is 4.79 Å². The number of nitrogens with one attached hydrogen (secondary N) is 1. The van der Waals surface area contributed by atoms with Crippen molar-refractivity contribution in [3.8, 4) is 0 Å². The second-order valence-corrected chi connectivity index (χ2v) is 6.51. The summed E-state index contributed by atoms with van der Waals surface area (Å²) in [6.45, 7) is 7.06. The summed E-state index contributed by atoms with van der Waals surface area (Å²) in [6.07, 6.45) is -0.687. The minimum absolute atomic E-state index is 0.430. The molecular weight excluding hydrogens is 320 g/mol. The molecule has 1 unspecified atom stereocenters. The molecule has 0 bridgehead atoms. The standard InChI is InChI=1S/C16H23ClN2O4/c1-10-9-11(7-8-12(10)17)13(14(20)19(5)22-6)18-15(21)23-16(2,3)4/h7-9,13H,1-6H3,(H,18,21). The van der Waals surface area contributed by atoms with E-state index in [4.69, 9.17) is 21.2 Å². The van der Waals surface area contributed by atoms with Crippen LogP contribution >= 0.6 is 11.6 Å². The molecule has 0 saturated heterocycles. The molecule has 1 N–H and O–H groups in total. The zero-order valence-electron chi connectivity index (χ0n) is 14.3. The maximum atomic E-state index is 12.5. The lowest BCUT2D eigenvalue weighted by Gasteiger charge is -2.26. The van der Waals surface area contributed by atoms with Crippen LogP contribution in [0.1, 0.15) is 37.9 Å². The van der Waals surface area contributed by atoms with Crippen LogP contribution in [-0.2, 0) is 14.4 Å². The molecule has 0 heterocycles. The van der Waals surface area contributed by atoms with Crippen LogP contribution < -0.4 is 5.32 Å². The highest BCUT2D eigenvalue weighted by Gasteiger charge is 2.28. The molecule has 1 atom stereocenters. The molecule has 1 aromatic carbocycles. The summed E-state index contributed by atoms with van der Waals surface area (Å²) in [7, 11) is 2.84. The van der Waals surface area contributed by atoms with Gasteiger partial charge in [0, 0.05) is 12.1 Å². The Kier molecular flexibility index (Phi) is 6.41. The van der Waals surface area contributed by atoms with Gasteiger partial charge < -0.3 is 10.1 Å². The van der Waals surface area contributed by atoms with Crippen molar-refractivity contribution in [3.05, 3.63) is 34.3 Å². The van der Waals surface area contributed by atoms with Crippen molar-refractivity contribution in [1.29, 1.82) is 0 Å². The Hall–Kier alpha value is -1.79. The molecule has 0 saturated carbocycles. The number of hydrogen-bond acceptors (Lipinski definition) is 4. The van der Waals surface area contributed by atoms with Crippen molar-refractivity contribution < 1.29 is 19.2 Å². The van der Waals surface area contributed by atoms with Crippen LogP contribution in [0.3, 0.4) is 0 Å². The second-order valence-electron chi connectivity index (χ2n) is 6.11. The van der Waals surface area contributed by atoms with Crippen LogP contribution in [0.2, 0.25) is 5.02 Å². The van der Waals surface area contributed by atoms with Crippen LogP contribution in [0.25, 0.3) is 0 Å². The van der Waals surface area contributed by atoms with E-state index in [-0.39, 0.29) is 0 Å². The third kappa shape index (κ3) is 5.73. The summed E-state index contributed by atoms with van der Waals surface area (Å²) >= 11 is 6.02. The van der Waals surface area contributed by atoms with Crippen molar-refractivity contribution in [1.82, 2.24) is 10.4 Å². The summed E-state index contributed by atoms with van der Waals surface area (Å²) in [5, 5.41) is 4.20. The van der Waals surface area contributed by atoms with Gasteiger partial charge in [-0.3, -0.25) is 9.63 Å². The Morgan fingerprint density at radius 1 is 1.30 bits per heavy atom. The minimum Gasteiger partial charge on any atom is -0.444 e. The van der Waals surface area contributed by atoms with Crippen LogP contribution in [0.15, 0.2) is 18.2 Å². The van der Waals surface area contributed by atoms with E-state index in [0.29, 0.717) is 10.6 Å². The van der Waals surface area contributed by atoms with Gasteiger partial charge in [0.25, 0.3) is 5.91 Å². The number of amides is 2. The number of rotatable bonds is 4. The average molecular weight is 343 g/mol. The van der Waals surface area contributed by atoms with Gasteiger partial charge in [0.1, 0.15) is 11.6 Å². The molecule has 0 aliphatic rings. The topological polar surface area (TPSA) is 67.9 Å². The number of ether oxygens (including phenoxy) is 1. The summed E-state index contributed by atoms with van der Waals surface area (Å²) in [6, 6.07) is 4.16. The van der Waals surface area contributed by atoms with Crippen molar-refractivity contribution in [2.24, 2.45) is 0 Å². The first-order valence-electron chi connectivity index (χ1n) is 7.12. The third-order valence-electron chi connectivity index (χ3n) is 3.01. The lowest BCUT2D eigenvalue weighted by molar-refractivity contribution is -0.171. The number of hydroxylamine groups is 2. The predicted octanol–water partition coefficient (Wildman–Crippen LogP) is 3.23. The van der Waals surface area contributed by atoms with E-state index in [2.05, 4.69) is 5.32 Å². The highest BCUT2D eigenvalue weighted by atomic mass is 35.5. The number of likely N-dealkylation sites (N-methyl/N-ethyl adjacent to an activating group) is 1. The zero-order valence-corrected chi connectivity index (χ0v) is 15.0. The van der Waals surface area contributed by atoms with Gasteiger partial charge in [-0.2, -0.15) is 0 Å². The lowest BCUT2D eigenvalue weighted by Crippen LogP contribution is -2.42. The smallest absolute Gasteiger partial charge is 0.408 e. The van der Waals surface area contributed by atoms with Gasteiger partial charge in [0.05, 0.1) is 7.11 Å². The van der Waals surface area contributed by atoms with E-state index in [1.54, 1.807) is 39.0 Å². The summed E-state index contributed by atoms with van der Waals surface area (Å²) in [5.41, 5.74) is 0.723. The van der Waals surface area contributed by atoms with E-state index in [1.807, 2.05) is 6.92 Å². The van der Waals surface area contributed by atoms with Gasteiger partial charge in [-0.25, -0.2) is 9.86 Å². The fraction of sp³-hybridized carbons (Fsp3) is 0.500. The van der Waals surface area contributed by atoms with Crippen molar-refractivity contribution in [2.75, 3.05) is 14.2 Å². The fourth-order valence-electron chi connectivity index (χ4n) is 1.83. The zero-order chi connectivity index (χ0) is 17.8. The first-order valence-corrected chi connectivity index (χ1v) is 7.50. The normalized spacial score (nSPS) is 12.5. The summed E-state index contributed by atoms with van der Waals surface area (Å²) < 4.78 is 5.22. The Labute approximate surface area is 141 Å². The second kappa shape index (κ2) is 7.66. The number of nitrogens with zero attached hydrogens (tertiary/aromatic N) is 1. The number of halogens is 1. The number of aryl methyl sites for hydroxylation is 1. The Morgan fingerprint density at radius 3 is 2.39 bits per heavy atom. The Morgan fingerprint density at radius 2 is 1.91 bits per heavy atom. The molecule has 7 heteroatoms. The van der Waals surface area contributed by atoms with E-state index in [1.165, 1.54) is 14.2 Å². The van der Waals surface area contributed by atoms with Gasteiger partial charge in [-0.05, 0) is 44.9 Å². The Bertz CT molecular complexity index is 584. The first-order chi connectivity index (χ1) is 10.5. The molecule has 128 valence electrons. The molecule has 0 aliphatic heterocycles. The van der Waals surface area contributed by atoms with Crippen LogP contribution in [0, 0.1) is 6.92 Å². The first kappa shape index (κ1) is 19.3. The summed E-state index contributed by atoms with van der Waals surface area (Å²) in [4.78, 5) is 29.4. The molecule has 1 aromatic rings. The summed E-state index contributed by atoms with van der Waals surface area (Å²) in [5.74, 6) is -0.430. The van der Waals surface area contributed by atoms with Gasteiger partial charge in [-0.15, -0.1) is 0 Å². The number of carbonyl (C=O) groups is 2. The van der Waals surface area contributed by atoms with E-state index < -0.39 is 23.6 Å². The number of carbonyl (C=O) groups excluding carboxylic acids is 2. The number of hydrogen-bond donors (Lipinski definition) is 1. The molecule has 23 heavy (non-hydrogen) atoms. The molecule has 0 spiro atoms. The average Bonchev–Trinajstić information content (AvgIpc) is 2.44. The fourth-order valence-corrected chi connectivity index (χ4v) is 1.95. The minimum atomic E-state index is -0.939. The molecule has 0 aliphatic carbocycles. The van der Waals surface area contributed by atoms with E-state index in [9.17, 15) is 9.59 Å². The quantitative estimate of drug-likeness (QED) is 0.853. The lowest BCUT2D eigenvalue weighted by atomic mass is 10.0. The molecule has 2 amide bonds. The van der Waals surface area contributed by atoms with E-state index >= 15 is 0 Å². The largest absolute Gasteiger partial charge is 0.444 e. The van der Waals surface area contributed by atoms with Crippen molar-refractivity contribution in [3.63, 3.8) is 0 Å². The molecule has 0 radical (unpaired) electrons. The molecule has 1 rings (SSSR count). The van der Waals surface area contributed by atoms with Gasteiger partial charge in [0.2, 0.25) is 0 Å². The third-order valence-corrected chi connectivity index (χ3v) is 3.43. The van der Waals surface area contributed by atoms with Crippen LogP contribution in [-0.4, -0.2) is 36.8 Å². The molecule has 0 fully saturated rings. The number of benzene rings is 1. The highest BCUT2D eigenvalue weighted by molar-refractivity contribution is 6.31. The maximum absolute atomic E-state index is 12.5. The predicted molar refractivity (Wildman–Crippen MR) is 88.1 cm³/mol. The van der Waals surface area contributed by atoms with Gasteiger partial charge in [0.15, 0.2) is 0 Å². The van der Waals surface area contributed by atoms with Gasteiger partial charge in [-0.1, -0.05) is 23.7 Å². The Balaban J connectivity index is 3.09. The van der Waals surface area contributed by atoms with Crippen molar-refractivity contribution in [2.45, 2.75) is 39.3 Å². The maximum Gasteiger partial charge on any atom is 0.408 e. The van der Waals surface area contributed by atoms with Crippen molar-refractivity contribution >= 4 is 23.6 Å². The van der Waals surface area contributed by atoms with E-state index in [0.717, 1.165) is 10.6 Å². The molecule has 0 aromatic heterocycles. The highest BCUT2D eigenvalue weighted by Crippen LogP contribution is 2.23. The SMILES string of the molecule is CON(C)C(=O)C(NC(=O)OC(C)(C)C)c1ccc(Cl)c(C)c1. The van der Waals surface area contributed by atoms with Gasteiger partial charge >= 0.3 is 6.09 Å². The number of alkyl carbamates (subject to hydrolysis) is 1. The monoisotopic (exact) mass is 342 g/mol.